The summed E-state index contributed by atoms with van der Waals surface area (Å²) in [5.74, 6) is -0.302. The summed E-state index contributed by atoms with van der Waals surface area (Å²) in [4.78, 5) is 27.4. The maximum atomic E-state index is 12.9. The van der Waals surface area contributed by atoms with Crippen molar-refractivity contribution >= 4 is 11.8 Å². The molecule has 2 aromatic carbocycles. The normalized spacial score (nSPS) is 13.2. The Kier molecular flexibility index (Phi) is 9.06. The zero-order valence-electron chi connectivity index (χ0n) is 18.8. The predicted molar refractivity (Wildman–Crippen MR) is 122 cm³/mol. The minimum atomic E-state index is -0.563. The predicted octanol–water partition coefficient (Wildman–Crippen LogP) is 3.35. The highest BCUT2D eigenvalue weighted by atomic mass is 16.2. The maximum absolute atomic E-state index is 12.9. The quantitative estimate of drug-likeness (QED) is 0.633. The molecule has 2 rings (SSSR count). The van der Waals surface area contributed by atoms with Crippen molar-refractivity contribution in [3.8, 4) is 0 Å². The second-order valence-electron chi connectivity index (χ2n) is 8.27. The molecule has 0 saturated carbocycles. The van der Waals surface area contributed by atoms with Crippen molar-refractivity contribution in [2.24, 2.45) is 5.92 Å². The zero-order chi connectivity index (χ0) is 22.1. The highest BCUT2D eigenvalue weighted by Crippen LogP contribution is 2.18. The summed E-state index contributed by atoms with van der Waals surface area (Å²) in [6.07, 6.45) is 1.27. The molecule has 5 nitrogen and oxygen atoms in total. The minimum absolute atomic E-state index is 0.00799. The van der Waals surface area contributed by atoms with Crippen LogP contribution < -0.4 is 10.6 Å². The molecule has 2 aromatic rings. The molecule has 0 heterocycles. The lowest BCUT2D eigenvalue weighted by atomic mass is 10.0. The molecule has 30 heavy (non-hydrogen) atoms. The molecular weight excluding hydrogens is 374 g/mol. The Hall–Kier alpha value is -2.66. The number of rotatable bonds is 10. The molecule has 0 saturated heterocycles. The average molecular weight is 410 g/mol. The Morgan fingerprint density at radius 3 is 2.10 bits per heavy atom. The lowest BCUT2D eigenvalue weighted by Gasteiger charge is -2.27. The fraction of sp³-hybridized carbons (Fsp3) is 0.440. The van der Waals surface area contributed by atoms with E-state index < -0.39 is 6.04 Å². The Morgan fingerprint density at radius 1 is 0.933 bits per heavy atom. The first kappa shape index (κ1) is 23.6. The molecule has 0 aliphatic carbocycles. The first-order valence-corrected chi connectivity index (χ1v) is 10.7. The molecule has 0 unspecified atom stereocenters. The van der Waals surface area contributed by atoms with Gasteiger partial charge in [0.2, 0.25) is 11.8 Å². The summed E-state index contributed by atoms with van der Waals surface area (Å²) < 4.78 is 0. The molecule has 0 bridgehead atoms. The van der Waals surface area contributed by atoms with Gasteiger partial charge in [0.25, 0.3) is 0 Å². The van der Waals surface area contributed by atoms with Gasteiger partial charge in [0.1, 0.15) is 6.04 Å². The van der Waals surface area contributed by atoms with Crippen LogP contribution in [0, 0.1) is 5.92 Å². The van der Waals surface area contributed by atoms with Gasteiger partial charge >= 0.3 is 0 Å². The van der Waals surface area contributed by atoms with Crippen LogP contribution in [0.5, 0.6) is 0 Å². The fourth-order valence-electron chi connectivity index (χ4n) is 3.42. The van der Waals surface area contributed by atoms with Gasteiger partial charge in [-0.3, -0.25) is 9.59 Å². The molecule has 0 aliphatic rings. The molecule has 2 amide bonds. The zero-order valence-corrected chi connectivity index (χ0v) is 18.8. The summed E-state index contributed by atoms with van der Waals surface area (Å²) in [5.41, 5.74) is 3.38. The highest BCUT2D eigenvalue weighted by molar-refractivity contribution is 5.88. The van der Waals surface area contributed by atoms with Crippen LogP contribution in [0.25, 0.3) is 0 Å². The van der Waals surface area contributed by atoms with Crippen LogP contribution in [0.4, 0.5) is 0 Å². The molecule has 0 aliphatic heterocycles. The molecule has 0 fully saturated rings. The number of nitrogens with zero attached hydrogens (tertiary/aromatic N) is 1. The monoisotopic (exact) mass is 409 g/mol. The number of amides is 2. The van der Waals surface area contributed by atoms with E-state index in [9.17, 15) is 9.59 Å². The molecule has 162 valence electrons. The molecule has 0 aromatic heterocycles. The third-order valence-corrected chi connectivity index (χ3v) is 5.34. The average Bonchev–Trinajstić information content (AvgIpc) is 2.72. The van der Waals surface area contributed by atoms with Crippen molar-refractivity contribution in [3.05, 3.63) is 71.3 Å². The van der Waals surface area contributed by atoms with Crippen LogP contribution in [0.3, 0.4) is 0 Å². The topological polar surface area (TPSA) is 61.4 Å². The van der Waals surface area contributed by atoms with E-state index in [1.165, 1.54) is 5.56 Å². The van der Waals surface area contributed by atoms with E-state index in [0.29, 0.717) is 6.54 Å². The second kappa shape index (κ2) is 11.5. The van der Waals surface area contributed by atoms with Crippen molar-refractivity contribution in [2.45, 2.75) is 45.7 Å². The third kappa shape index (κ3) is 6.99. The van der Waals surface area contributed by atoms with Gasteiger partial charge in [-0.1, -0.05) is 75.4 Å². The molecule has 0 spiro atoms. The van der Waals surface area contributed by atoms with E-state index >= 15 is 0 Å². The van der Waals surface area contributed by atoms with Crippen molar-refractivity contribution in [1.82, 2.24) is 15.5 Å². The maximum Gasteiger partial charge on any atom is 0.242 e. The molecule has 2 atom stereocenters. The smallest absolute Gasteiger partial charge is 0.242 e. The van der Waals surface area contributed by atoms with Gasteiger partial charge in [0, 0.05) is 6.54 Å². The van der Waals surface area contributed by atoms with Gasteiger partial charge in [0.05, 0.1) is 12.5 Å². The summed E-state index contributed by atoms with van der Waals surface area (Å²) in [6.45, 7) is 6.51. The third-order valence-electron chi connectivity index (χ3n) is 5.34. The summed E-state index contributed by atoms with van der Waals surface area (Å²) in [7, 11) is 4.01. The summed E-state index contributed by atoms with van der Waals surface area (Å²) in [6, 6.07) is 17.6. The van der Waals surface area contributed by atoms with Crippen molar-refractivity contribution in [3.63, 3.8) is 0 Å². The van der Waals surface area contributed by atoms with Gasteiger partial charge < -0.3 is 15.5 Å². The highest BCUT2D eigenvalue weighted by Gasteiger charge is 2.25. The fourth-order valence-corrected chi connectivity index (χ4v) is 3.42. The van der Waals surface area contributed by atoms with Crippen LogP contribution in [0.2, 0.25) is 0 Å². The standard InChI is InChI=1S/C25H35N3O2/c1-6-19-12-14-21(15-13-19)22(28(4)5)17-26-25(30)24(18(2)3)27-23(29)16-20-10-8-7-9-11-20/h7-15,18,22,24H,6,16-17H2,1-5H3,(H,26,30)(H,27,29)/t22-,24-/m1/s1. The lowest BCUT2D eigenvalue weighted by Crippen LogP contribution is -2.51. The van der Waals surface area contributed by atoms with Crippen LogP contribution in [-0.4, -0.2) is 43.4 Å². The van der Waals surface area contributed by atoms with E-state index in [1.54, 1.807) is 0 Å². The Bertz CT molecular complexity index is 801. The van der Waals surface area contributed by atoms with Crippen LogP contribution in [0.15, 0.2) is 54.6 Å². The van der Waals surface area contributed by atoms with Crippen LogP contribution >= 0.6 is 0 Å². The van der Waals surface area contributed by atoms with Gasteiger partial charge in [-0.25, -0.2) is 0 Å². The second-order valence-corrected chi connectivity index (χ2v) is 8.27. The van der Waals surface area contributed by atoms with Crippen molar-refractivity contribution < 1.29 is 9.59 Å². The number of benzene rings is 2. The number of nitrogens with one attached hydrogen (secondary N) is 2. The van der Waals surface area contributed by atoms with Gasteiger partial charge in [-0.15, -0.1) is 0 Å². The van der Waals surface area contributed by atoms with E-state index in [1.807, 2.05) is 58.3 Å². The van der Waals surface area contributed by atoms with E-state index in [4.69, 9.17) is 0 Å². The van der Waals surface area contributed by atoms with E-state index in [-0.39, 0.29) is 30.2 Å². The first-order valence-electron chi connectivity index (χ1n) is 10.7. The molecule has 2 N–H and O–H groups in total. The largest absolute Gasteiger partial charge is 0.352 e. The number of likely N-dealkylation sites (N-methyl/N-ethyl adjacent to an activating group) is 1. The lowest BCUT2D eigenvalue weighted by molar-refractivity contribution is -0.129. The van der Waals surface area contributed by atoms with Crippen molar-refractivity contribution in [1.29, 1.82) is 0 Å². The van der Waals surface area contributed by atoms with Crippen molar-refractivity contribution in [2.75, 3.05) is 20.6 Å². The molecular formula is C25H35N3O2. The Balaban J connectivity index is 1.99. The molecule has 5 heteroatoms. The van der Waals surface area contributed by atoms with Crippen LogP contribution in [0.1, 0.15) is 43.5 Å². The van der Waals surface area contributed by atoms with E-state index in [0.717, 1.165) is 17.5 Å². The van der Waals surface area contributed by atoms with Gasteiger partial charge in [0.15, 0.2) is 0 Å². The molecule has 0 radical (unpaired) electrons. The van der Waals surface area contributed by atoms with E-state index in [2.05, 4.69) is 46.7 Å². The number of hydrogen-bond donors (Lipinski definition) is 2. The number of carbonyl (C=O) groups excluding carboxylic acids is 2. The summed E-state index contributed by atoms with van der Waals surface area (Å²) in [5, 5.41) is 5.95. The van der Waals surface area contributed by atoms with Crippen LogP contribution in [-0.2, 0) is 22.4 Å². The SMILES string of the molecule is CCc1ccc([C@@H](CNC(=O)[C@H](NC(=O)Cc2ccccc2)C(C)C)N(C)C)cc1. The Labute approximate surface area is 180 Å². The summed E-state index contributed by atoms with van der Waals surface area (Å²) >= 11 is 0. The number of hydrogen-bond acceptors (Lipinski definition) is 3. The Morgan fingerprint density at radius 2 is 1.57 bits per heavy atom. The van der Waals surface area contributed by atoms with Gasteiger partial charge in [-0.2, -0.15) is 0 Å². The number of aryl methyl sites for hydroxylation is 1. The number of carbonyl (C=O) groups is 2. The minimum Gasteiger partial charge on any atom is -0.352 e. The first-order chi connectivity index (χ1) is 14.3. The van der Waals surface area contributed by atoms with Gasteiger partial charge in [-0.05, 0) is 43.1 Å².